The average molecular weight is 469 g/mol. The van der Waals surface area contributed by atoms with Crippen molar-refractivity contribution in [3.63, 3.8) is 0 Å². The zero-order chi connectivity index (χ0) is 24.4. The number of aromatic amines is 1. The Hall–Kier alpha value is -3.96. The Morgan fingerprint density at radius 1 is 1.14 bits per heavy atom. The van der Waals surface area contributed by atoms with Crippen molar-refractivity contribution in [3.8, 4) is 22.4 Å². The lowest BCUT2D eigenvalue weighted by atomic mass is 9.94. The van der Waals surface area contributed by atoms with E-state index >= 15 is 0 Å². The van der Waals surface area contributed by atoms with Gasteiger partial charge in [0.2, 0.25) is 5.95 Å². The van der Waals surface area contributed by atoms with Gasteiger partial charge in [0.25, 0.3) is 5.56 Å². The van der Waals surface area contributed by atoms with Crippen LogP contribution in [0.3, 0.4) is 0 Å². The van der Waals surface area contributed by atoms with E-state index in [1.54, 1.807) is 16.8 Å². The molecule has 4 aromatic rings. The molecule has 5 rings (SSSR count). The van der Waals surface area contributed by atoms with Crippen LogP contribution in [0.1, 0.15) is 26.2 Å². The van der Waals surface area contributed by atoms with Crippen molar-refractivity contribution in [2.45, 2.75) is 32.7 Å². The number of nitrogens with one attached hydrogen (secondary N) is 1. The Morgan fingerprint density at radius 3 is 2.57 bits per heavy atom. The number of fused-ring (bicyclic) bond motifs is 1. The van der Waals surface area contributed by atoms with Crippen LogP contribution in [0.2, 0.25) is 0 Å². The van der Waals surface area contributed by atoms with E-state index in [1.807, 2.05) is 36.5 Å². The molecule has 0 aliphatic carbocycles. The molecule has 0 amide bonds. The second-order valence-corrected chi connectivity index (χ2v) is 9.00. The third-order valence-corrected chi connectivity index (χ3v) is 6.84. The molecule has 2 aromatic heterocycles. The quantitative estimate of drug-likeness (QED) is 0.403. The van der Waals surface area contributed by atoms with Crippen LogP contribution in [0.4, 0.5) is 11.6 Å². The molecule has 0 spiro atoms. The van der Waals surface area contributed by atoms with Gasteiger partial charge in [-0.2, -0.15) is 5.10 Å². The predicted molar refractivity (Wildman–Crippen MR) is 138 cm³/mol. The molecule has 35 heavy (non-hydrogen) atoms. The second kappa shape index (κ2) is 9.72. The van der Waals surface area contributed by atoms with Crippen molar-refractivity contribution >= 4 is 22.5 Å². The molecule has 1 aliphatic rings. The number of H-pyrrole nitrogens is 1. The molecule has 0 unspecified atom stereocenters. The van der Waals surface area contributed by atoms with E-state index in [0.29, 0.717) is 29.4 Å². The number of aromatic nitrogens is 4. The van der Waals surface area contributed by atoms with E-state index in [-0.39, 0.29) is 12.2 Å². The molecular formula is C27H28N6O2. The van der Waals surface area contributed by atoms with E-state index in [9.17, 15) is 9.90 Å². The third-order valence-electron chi connectivity index (χ3n) is 6.84. The van der Waals surface area contributed by atoms with E-state index in [0.717, 1.165) is 53.9 Å². The maximum Gasteiger partial charge on any atom is 0.260 e. The molecule has 2 N–H and O–H groups in total. The molecule has 0 saturated carbocycles. The van der Waals surface area contributed by atoms with E-state index in [4.69, 9.17) is 11.6 Å². The number of rotatable bonds is 6. The highest BCUT2D eigenvalue weighted by molar-refractivity contribution is 5.88. The van der Waals surface area contributed by atoms with Crippen LogP contribution >= 0.6 is 0 Å². The fraction of sp³-hybridized carbons (Fsp3) is 0.333. The van der Waals surface area contributed by atoms with Crippen LogP contribution in [0.15, 0.2) is 53.5 Å². The van der Waals surface area contributed by atoms with Gasteiger partial charge in [-0.1, -0.05) is 43.7 Å². The summed E-state index contributed by atoms with van der Waals surface area (Å²) in [4.78, 5) is 27.2. The van der Waals surface area contributed by atoms with Gasteiger partial charge in [-0.3, -0.25) is 14.5 Å². The minimum Gasteiger partial charge on any atom is -0.394 e. The third kappa shape index (κ3) is 4.55. The normalized spacial score (nSPS) is 14.4. The number of aliphatic hydroxyl groups is 1. The standard InChI is InChI=1S/C27H28N6O2/c1-3-18-10-12-32(13-11-18)27-29-25(19-4-7-22(28-2)8-5-19)24(26(35)30-27)20-6-9-23-21(16-20)17-33(31-23)14-15-34/h4-9,16-18,34H,3,10-15H2,1H3,(H,29,30,35). The zero-order valence-electron chi connectivity index (χ0n) is 19.7. The highest BCUT2D eigenvalue weighted by Crippen LogP contribution is 2.32. The largest absolute Gasteiger partial charge is 0.394 e. The van der Waals surface area contributed by atoms with Gasteiger partial charge in [0.15, 0.2) is 5.69 Å². The van der Waals surface area contributed by atoms with Crippen molar-refractivity contribution in [2.75, 3.05) is 24.6 Å². The summed E-state index contributed by atoms with van der Waals surface area (Å²) in [6, 6.07) is 12.9. The molecule has 1 aliphatic heterocycles. The van der Waals surface area contributed by atoms with Gasteiger partial charge in [-0.15, -0.1) is 0 Å². The fourth-order valence-electron chi connectivity index (χ4n) is 4.78. The lowest BCUT2D eigenvalue weighted by molar-refractivity contribution is 0.270. The van der Waals surface area contributed by atoms with E-state index < -0.39 is 0 Å². The smallest absolute Gasteiger partial charge is 0.260 e. The molecule has 0 radical (unpaired) electrons. The first-order valence-corrected chi connectivity index (χ1v) is 12.0. The summed E-state index contributed by atoms with van der Waals surface area (Å²) < 4.78 is 1.70. The summed E-state index contributed by atoms with van der Waals surface area (Å²) in [6.45, 7) is 11.6. The molecule has 3 heterocycles. The van der Waals surface area contributed by atoms with Gasteiger partial charge in [0, 0.05) is 24.7 Å². The Bertz CT molecular complexity index is 1440. The van der Waals surface area contributed by atoms with Gasteiger partial charge in [-0.05, 0) is 42.0 Å². The summed E-state index contributed by atoms with van der Waals surface area (Å²) in [5.74, 6) is 1.31. The van der Waals surface area contributed by atoms with Gasteiger partial charge in [0.05, 0.1) is 36.5 Å². The Kier molecular flexibility index (Phi) is 6.34. The molecule has 1 fully saturated rings. The Morgan fingerprint density at radius 2 is 1.89 bits per heavy atom. The van der Waals surface area contributed by atoms with Crippen LogP contribution in [-0.2, 0) is 6.54 Å². The highest BCUT2D eigenvalue weighted by atomic mass is 16.3. The van der Waals surface area contributed by atoms with Crippen LogP contribution < -0.4 is 10.5 Å². The monoisotopic (exact) mass is 468 g/mol. The maximum absolute atomic E-state index is 13.5. The van der Waals surface area contributed by atoms with Gasteiger partial charge in [0.1, 0.15) is 0 Å². The molecule has 8 heteroatoms. The lowest BCUT2D eigenvalue weighted by Gasteiger charge is -2.32. The predicted octanol–water partition coefficient (Wildman–Crippen LogP) is 4.62. The molecular weight excluding hydrogens is 440 g/mol. The first-order chi connectivity index (χ1) is 17.1. The number of anilines is 1. The van der Waals surface area contributed by atoms with Gasteiger partial charge < -0.3 is 10.0 Å². The molecule has 8 nitrogen and oxygen atoms in total. The molecule has 1 saturated heterocycles. The maximum atomic E-state index is 13.5. The summed E-state index contributed by atoms with van der Waals surface area (Å²) in [5.41, 5.74) is 3.77. The van der Waals surface area contributed by atoms with Crippen molar-refractivity contribution in [2.24, 2.45) is 5.92 Å². The average Bonchev–Trinajstić information content (AvgIpc) is 3.30. The molecule has 0 atom stereocenters. The van der Waals surface area contributed by atoms with E-state index in [1.165, 1.54) is 6.42 Å². The van der Waals surface area contributed by atoms with Crippen LogP contribution in [0.25, 0.3) is 38.1 Å². The van der Waals surface area contributed by atoms with Crippen molar-refractivity contribution in [3.05, 3.63) is 70.4 Å². The molecule has 2 aromatic carbocycles. The molecule has 0 bridgehead atoms. The number of piperidine rings is 1. The first kappa shape index (κ1) is 22.8. The van der Waals surface area contributed by atoms with Crippen molar-refractivity contribution < 1.29 is 5.11 Å². The highest BCUT2D eigenvalue weighted by Gasteiger charge is 2.23. The fourth-order valence-corrected chi connectivity index (χ4v) is 4.78. The minimum atomic E-state index is -0.195. The number of nitrogens with zero attached hydrogens (tertiary/aromatic N) is 5. The molecule has 178 valence electrons. The topological polar surface area (TPSA) is 91.4 Å². The first-order valence-electron chi connectivity index (χ1n) is 12.0. The van der Waals surface area contributed by atoms with E-state index in [2.05, 4.69) is 26.8 Å². The lowest BCUT2D eigenvalue weighted by Crippen LogP contribution is -2.36. The van der Waals surface area contributed by atoms with Crippen LogP contribution in [0, 0.1) is 12.5 Å². The Balaban J connectivity index is 1.62. The summed E-state index contributed by atoms with van der Waals surface area (Å²) in [7, 11) is 0. The van der Waals surface area contributed by atoms with Crippen molar-refractivity contribution in [1.29, 1.82) is 0 Å². The zero-order valence-corrected chi connectivity index (χ0v) is 19.7. The van der Waals surface area contributed by atoms with Crippen molar-refractivity contribution in [1.82, 2.24) is 19.7 Å². The van der Waals surface area contributed by atoms with Gasteiger partial charge >= 0.3 is 0 Å². The number of benzene rings is 2. The van der Waals surface area contributed by atoms with Crippen LogP contribution in [-0.4, -0.2) is 44.6 Å². The van der Waals surface area contributed by atoms with Gasteiger partial charge in [-0.25, -0.2) is 9.83 Å². The van der Waals surface area contributed by atoms with Crippen LogP contribution in [0.5, 0.6) is 0 Å². The number of aliphatic hydroxyl groups excluding tert-OH is 1. The number of hydrogen-bond acceptors (Lipinski definition) is 5. The SMILES string of the molecule is [C-]#[N+]c1ccc(-c2nc(N3CCC(CC)CC3)[nH]c(=O)c2-c2ccc3nn(CCO)cc3c2)cc1. The summed E-state index contributed by atoms with van der Waals surface area (Å²) in [5, 5.41) is 14.6. The number of hydrogen-bond donors (Lipinski definition) is 2. The second-order valence-electron chi connectivity index (χ2n) is 9.00. The summed E-state index contributed by atoms with van der Waals surface area (Å²) >= 11 is 0. The Labute approximate surface area is 203 Å². The minimum absolute atomic E-state index is 0.00610. The summed E-state index contributed by atoms with van der Waals surface area (Å²) in [6.07, 6.45) is 5.22.